The normalized spacial score (nSPS) is 28.5. The van der Waals surface area contributed by atoms with Crippen LogP contribution >= 0.6 is 0 Å². The number of nitrogens with one attached hydrogen (secondary N) is 1. The second-order valence-electron chi connectivity index (χ2n) is 4.04. The second kappa shape index (κ2) is 4.09. The largest absolute Gasteiger partial charge is 0.371 e. The van der Waals surface area contributed by atoms with Gasteiger partial charge in [-0.2, -0.15) is 0 Å². The van der Waals surface area contributed by atoms with Crippen molar-refractivity contribution < 1.29 is 9.53 Å². The van der Waals surface area contributed by atoms with Gasteiger partial charge in [0.05, 0.1) is 12.7 Å². The highest BCUT2D eigenvalue weighted by molar-refractivity contribution is 5.78. The van der Waals surface area contributed by atoms with Crippen LogP contribution in [0, 0.1) is 5.92 Å². The first-order valence-corrected chi connectivity index (χ1v) is 5.25. The number of carbonyl (C=O) groups excluding carboxylic acids is 1. The average molecular weight is 183 g/mol. The van der Waals surface area contributed by atoms with Crippen LogP contribution in [0.1, 0.15) is 32.1 Å². The lowest BCUT2D eigenvalue weighted by molar-refractivity contribution is -0.125. The minimum atomic E-state index is 0.246. The van der Waals surface area contributed by atoms with Gasteiger partial charge in [0.15, 0.2) is 0 Å². The quantitative estimate of drug-likeness (QED) is 0.665. The van der Waals surface area contributed by atoms with Crippen molar-refractivity contribution in [3.63, 3.8) is 0 Å². The van der Waals surface area contributed by atoms with E-state index >= 15 is 0 Å². The number of hydrogen-bond acceptors (Lipinski definition) is 2. The third-order valence-corrected chi connectivity index (χ3v) is 2.88. The minimum Gasteiger partial charge on any atom is -0.371 e. The van der Waals surface area contributed by atoms with Gasteiger partial charge < -0.3 is 10.1 Å². The van der Waals surface area contributed by atoms with Crippen LogP contribution in [0.4, 0.5) is 0 Å². The molecule has 3 nitrogen and oxygen atoms in total. The predicted molar refractivity (Wildman–Crippen MR) is 49.3 cm³/mol. The Morgan fingerprint density at radius 2 is 2.00 bits per heavy atom. The molecule has 2 fully saturated rings. The average Bonchev–Trinajstić information content (AvgIpc) is 2.99. The molecular formula is C10H17NO2. The Morgan fingerprint density at radius 3 is 2.62 bits per heavy atom. The van der Waals surface area contributed by atoms with Crippen LogP contribution in [0.3, 0.4) is 0 Å². The van der Waals surface area contributed by atoms with E-state index in [0.717, 1.165) is 26.0 Å². The molecule has 13 heavy (non-hydrogen) atoms. The highest BCUT2D eigenvalue weighted by Gasteiger charge is 2.25. The summed E-state index contributed by atoms with van der Waals surface area (Å²) in [5.41, 5.74) is 0. The van der Waals surface area contributed by atoms with Gasteiger partial charge in [-0.15, -0.1) is 0 Å². The first-order chi connectivity index (χ1) is 6.36. The molecule has 3 heteroatoms. The zero-order valence-electron chi connectivity index (χ0n) is 7.92. The van der Waals surface area contributed by atoms with Crippen LogP contribution in [0.2, 0.25) is 0 Å². The summed E-state index contributed by atoms with van der Waals surface area (Å²) in [6, 6.07) is 0. The van der Waals surface area contributed by atoms with Crippen molar-refractivity contribution >= 4 is 5.91 Å². The van der Waals surface area contributed by atoms with Crippen molar-refractivity contribution in [2.45, 2.75) is 38.2 Å². The van der Waals surface area contributed by atoms with E-state index in [9.17, 15) is 4.79 Å². The fourth-order valence-corrected chi connectivity index (χ4v) is 1.91. The Labute approximate surface area is 78.8 Å². The SMILES string of the molecule is O=C(NC[C@@H]1CO1)C1CCCCC1. The van der Waals surface area contributed by atoms with Crippen molar-refractivity contribution in [1.29, 1.82) is 0 Å². The molecule has 1 atom stereocenters. The molecule has 0 spiro atoms. The van der Waals surface area contributed by atoms with E-state index in [0.29, 0.717) is 6.10 Å². The van der Waals surface area contributed by atoms with Crippen molar-refractivity contribution in [3.8, 4) is 0 Å². The summed E-state index contributed by atoms with van der Waals surface area (Å²) in [5, 5.41) is 2.95. The Morgan fingerprint density at radius 1 is 1.31 bits per heavy atom. The molecular weight excluding hydrogens is 166 g/mol. The summed E-state index contributed by atoms with van der Waals surface area (Å²) in [7, 11) is 0. The zero-order chi connectivity index (χ0) is 9.10. The molecule has 74 valence electrons. The van der Waals surface area contributed by atoms with Gasteiger partial charge in [-0.05, 0) is 12.8 Å². The van der Waals surface area contributed by atoms with Gasteiger partial charge in [0.25, 0.3) is 0 Å². The fourth-order valence-electron chi connectivity index (χ4n) is 1.91. The predicted octanol–water partition coefficient (Wildman–Crippen LogP) is 1.08. The molecule has 2 rings (SSSR count). The maximum absolute atomic E-state index is 11.6. The summed E-state index contributed by atoms with van der Waals surface area (Å²) in [6.45, 7) is 1.54. The van der Waals surface area contributed by atoms with E-state index in [-0.39, 0.29) is 11.8 Å². The number of amides is 1. The van der Waals surface area contributed by atoms with E-state index in [1.54, 1.807) is 0 Å². The standard InChI is InChI=1S/C10H17NO2/c12-10(11-6-9-7-13-9)8-4-2-1-3-5-8/h8-9H,1-7H2,(H,11,12)/t9-/m1/s1. The van der Waals surface area contributed by atoms with Crippen molar-refractivity contribution in [2.24, 2.45) is 5.92 Å². The maximum Gasteiger partial charge on any atom is 0.223 e. The molecule has 1 aliphatic heterocycles. The molecule has 0 aromatic heterocycles. The van der Waals surface area contributed by atoms with Crippen LogP contribution in [0.25, 0.3) is 0 Å². The van der Waals surface area contributed by atoms with Crippen molar-refractivity contribution in [2.75, 3.05) is 13.2 Å². The van der Waals surface area contributed by atoms with Gasteiger partial charge in [-0.1, -0.05) is 19.3 Å². The number of epoxide rings is 1. The third kappa shape index (κ3) is 2.69. The van der Waals surface area contributed by atoms with Crippen molar-refractivity contribution in [3.05, 3.63) is 0 Å². The van der Waals surface area contributed by atoms with Gasteiger partial charge in [0.2, 0.25) is 5.91 Å². The second-order valence-corrected chi connectivity index (χ2v) is 4.04. The number of ether oxygens (including phenoxy) is 1. The van der Waals surface area contributed by atoms with E-state index < -0.39 is 0 Å². The van der Waals surface area contributed by atoms with Crippen LogP contribution in [0.5, 0.6) is 0 Å². The summed E-state index contributed by atoms with van der Waals surface area (Å²) >= 11 is 0. The molecule has 0 aromatic rings. The third-order valence-electron chi connectivity index (χ3n) is 2.88. The van der Waals surface area contributed by atoms with E-state index in [1.807, 2.05) is 0 Å². The van der Waals surface area contributed by atoms with E-state index in [1.165, 1.54) is 19.3 Å². The summed E-state index contributed by atoms with van der Waals surface area (Å²) in [5.74, 6) is 0.530. The molecule has 0 unspecified atom stereocenters. The molecule has 0 bridgehead atoms. The lowest BCUT2D eigenvalue weighted by Crippen LogP contribution is -2.34. The van der Waals surface area contributed by atoms with Gasteiger partial charge in [0, 0.05) is 12.5 Å². The van der Waals surface area contributed by atoms with Crippen LogP contribution in [-0.4, -0.2) is 25.2 Å². The number of carbonyl (C=O) groups is 1. The minimum absolute atomic E-state index is 0.246. The highest BCUT2D eigenvalue weighted by atomic mass is 16.6. The molecule has 1 saturated heterocycles. The zero-order valence-corrected chi connectivity index (χ0v) is 7.92. The maximum atomic E-state index is 11.6. The van der Waals surface area contributed by atoms with Gasteiger partial charge in [0.1, 0.15) is 0 Å². The van der Waals surface area contributed by atoms with Crippen molar-refractivity contribution in [1.82, 2.24) is 5.32 Å². The monoisotopic (exact) mass is 183 g/mol. The molecule has 1 N–H and O–H groups in total. The van der Waals surface area contributed by atoms with Gasteiger partial charge >= 0.3 is 0 Å². The Balaban J connectivity index is 1.67. The molecule has 1 saturated carbocycles. The molecule has 1 heterocycles. The van der Waals surface area contributed by atoms with Gasteiger partial charge in [-0.3, -0.25) is 4.79 Å². The Kier molecular flexibility index (Phi) is 2.83. The topological polar surface area (TPSA) is 41.6 Å². The van der Waals surface area contributed by atoms with E-state index in [2.05, 4.69) is 5.32 Å². The Bertz CT molecular complexity index is 183. The summed E-state index contributed by atoms with van der Waals surface area (Å²) in [6.07, 6.45) is 6.22. The Hall–Kier alpha value is -0.570. The first kappa shape index (κ1) is 9.00. The van der Waals surface area contributed by atoms with Crippen LogP contribution in [-0.2, 0) is 9.53 Å². The smallest absolute Gasteiger partial charge is 0.223 e. The van der Waals surface area contributed by atoms with Gasteiger partial charge in [-0.25, -0.2) is 0 Å². The highest BCUT2D eigenvalue weighted by Crippen LogP contribution is 2.23. The van der Waals surface area contributed by atoms with E-state index in [4.69, 9.17) is 4.74 Å². The molecule has 1 amide bonds. The summed E-state index contributed by atoms with van der Waals surface area (Å²) in [4.78, 5) is 11.6. The summed E-state index contributed by atoms with van der Waals surface area (Å²) < 4.78 is 5.03. The molecule has 2 aliphatic rings. The number of hydrogen-bond donors (Lipinski definition) is 1. The molecule has 0 aromatic carbocycles. The van der Waals surface area contributed by atoms with Crippen LogP contribution < -0.4 is 5.32 Å². The van der Waals surface area contributed by atoms with Crippen LogP contribution in [0.15, 0.2) is 0 Å². The lowest BCUT2D eigenvalue weighted by Gasteiger charge is -2.20. The first-order valence-electron chi connectivity index (χ1n) is 5.25. The molecule has 1 aliphatic carbocycles. The lowest BCUT2D eigenvalue weighted by atomic mass is 9.89. The number of rotatable bonds is 3. The fraction of sp³-hybridized carbons (Fsp3) is 0.900. The molecule has 0 radical (unpaired) electrons.